The molecule has 0 radical (unpaired) electrons. The molecule has 0 aliphatic carbocycles. The lowest BCUT2D eigenvalue weighted by atomic mass is 10.4. The lowest BCUT2D eigenvalue weighted by molar-refractivity contribution is -0.134. The van der Waals surface area contributed by atoms with Crippen LogP contribution in [-0.4, -0.2) is 25.2 Å². The fraction of sp³-hybridized carbons (Fsp3) is 0.125. The molecule has 0 fully saturated rings. The topological polar surface area (TPSA) is 71.4 Å². The summed E-state index contributed by atoms with van der Waals surface area (Å²) in [4.78, 5) is 10.3. The highest BCUT2D eigenvalue weighted by atomic mass is 79.9. The first-order valence-corrected chi connectivity index (χ1v) is 6.07. The molecule has 0 amide bonds. The van der Waals surface area contributed by atoms with E-state index in [0.29, 0.717) is 4.47 Å². The minimum absolute atomic E-state index is 0.00222. The van der Waals surface area contributed by atoms with Gasteiger partial charge in [-0.1, -0.05) is 12.1 Å². The third-order valence-corrected chi connectivity index (χ3v) is 4.09. The van der Waals surface area contributed by atoms with Crippen molar-refractivity contribution in [3.05, 3.63) is 28.7 Å². The van der Waals surface area contributed by atoms with Crippen LogP contribution in [0.2, 0.25) is 0 Å². The summed E-state index contributed by atoms with van der Waals surface area (Å²) in [6.45, 7) is 0. The molecule has 14 heavy (non-hydrogen) atoms. The third kappa shape index (κ3) is 2.55. The van der Waals surface area contributed by atoms with Gasteiger partial charge in [-0.25, -0.2) is 8.42 Å². The number of carbonyl (C=O) groups is 1. The van der Waals surface area contributed by atoms with Crippen molar-refractivity contribution in [3.8, 4) is 0 Å². The second-order valence-corrected chi connectivity index (χ2v) is 5.40. The SMILES string of the molecule is O=C(O)CS(=O)(=O)c1ccccc1Br. The molecule has 1 N–H and O–H groups in total. The van der Waals surface area contributed by atoms with Gasteiger partial charge in [0.2, 0.25) is 0 Å². The summed E-state index contributed by atoms with van der Waals surface area (Å²) in [5.74, 6) is -2.25. The Morgan fingerprint density at radius 2 is 1.93 bits per heavy atom. The number of hydrogen-bond acceptors (Lipinski definition) is 3. The van der Waals surface area contributed by atoms with Crippen molar-refractivity contribution in [2.45, 2.75) is 4.90 Å². The molecule has 1 aromatic carbocycles. The first-order valence-electron chi connectivity index (χ1n) is 3.62. The number of hydrogen-bond donors (Lipinski definition) is 1. The lowest BCUT2D eigenvalue weighted by Crippen LogP contribution is -2.15. The molecule has 4 nitrogen and oxygen atoms in total. The second-order valence-electron chi connectivity index (χ2n) is 2.58. The van der Waals surface area contributed by atoms with Crippen LogP contribution in [0.5, 0.6) is 0 Å². The quantitative estimate of drug-likeness (QED) is 0.905. The van der Waals surface area contributed by atoms with E-state index in [-0.39, 0.29) is 4.90 Å². The van der Waals surface area contributed by atoms with Gasteiger partial charge in [-0.2, -0.15) is 0 Å². The van der Waals surface area contributed by atoms with Crippen LogP contribution < -0.4 is 0 Å². The van der Waals surface area contributed by atoms with Crippen LogP contribution >= 0.6 is 15.9 Å². The predicted octanol–water partition coefficient (Wildman–Crippen LogP) is 1.31. The van der Waals surface area contributed by atoms with Crippen LogP contribution in [0.25, 0.3) is 0 Å². The Balaban J connectivity index is 3.17. The van der Waals surface area contributed by atoms with Gasteiger partial charge >= 0.3 is 5.97 Å². The van der Waals surface area contributed by atoms with E-state index in [2.05, 4.69) is 15.9 Å². The Kier molecular flexibility index (Phi) is 3.28. The zero-order valence-electron chi connectivity index (χ0n) is 6.97. The number of sulfone groups is 1. The van der Waals surface area contributed by atoms with Gasteiger partial charge in [-0.15, -0.1) is 0 Å². The van der Waals surface area contributed by atoms with E-state index in [0.717, 1.165) is 0 Å². The van der Waals surface area contributed by atoms with Crippen LogP contribution in [0, 0.1) is 0 Å². The fourth-order valence-electron chi connectivity index (χ4n) is 0.937. The number of benzene rings is 1. The van der Waals surface area contributed by atoms with Crippen molar-refractivity contribution in [1.82, 2.24) is 0 Å². The maximum absolute atomic E-state index is 11.5. The molecular formula is C8H7BrO4S. The first kappa shape index (κ1) is 11.2. The maximum atomic E-state index is 11.5. The van der Waals surface area contributed by atoms with Crippen LogP contribution in [0.4, 0.5) is 0 Å². The highest BCUT2D eigenvalue weighted by Gasteiger charge is 2.20. The minimum Gasteiger partial charge on any atom is -0.480 e. The summed E-state index contributed by atoms with van der Waals surface area (Å²) in [6.07, 6.45) is 0. The van der Waals surface area contributed by atoms with Gasteiger partial charge in [-0.05, 0) is 28.1 Å². The van der Waals surface area contributed by atoms with E-state index >= 15 is 0 Å². The third-order valence-electron chi connectivity index (χ3n) is 1.49. The van der Waals surface area contributed by atoms with Crippen molar-refractivity contribution in [2.24, 2.45) is 0 Å². The smallest absolute Gasteiger partial charge is 0.319 e. The summed E-state index contributed by atoms with van der Waals surface area (Å²) in [6, 6.07) is 6.11. The largest absolute Gasteiger partial charge is 0.480 e. The van der Waals surface area contributed by atoms with Crippen LogP contribution in [0.15, 0.2) is 33.6 Å². The summed E-state index contributed by atoms with van der Waals surface area (Å²) in [5, 5.41) is 8.41. The van der Waals surface area contributed by atoms with Gasteiger partial charge < -0.3 is 5.11 Å². The van der Waals surface area contributed by atoms with Crippen molar-refractivity contribution < 1.29 is 18.3 Å². The summed E-state index contributed by atoms with van der Waals surface area (Å²) >= 11 is 3.05. The highest BCUT2D eigenvalue weighted by Crippen LogP contribution is 2.21. The molecule has 0 bridgehead atoms. The molecule has 76 valence electrons. The molecule has 0 heterocycles. The molecule has 0 saturated heterocycles. The number of carboxylic acid groups (broad SMARTS) is 1. The fourth-order valence-corrected chi connectivity index (χ4v) is 3.09. The van der Waals surface area contributed by atoms with Gasteiger partial charge in [-0.3, -0.25) is 4.79 Å². The normalized spacial score (nSPS) is 11.2. The molecular weight excluding hydrogens is 272 g/mol. The summed E-state index contributed by atoms with van der Waals surface area (Å²) in [5.41, 5.74) is 0. The van der Waals surface area contributed by atoms with E-state index in [9.17, 15) is 13.2 Å². The average molecular weight is 279 g/mol. The van der Waals surface area contributed by atoms with Gasteiger partial charge in [0.05, 0.1) is 4.90 Å². The molecule has 1 rings (SSSR count). The molecule has 0 spiro atoms. The molecule has 0 unspecified atom stereocenters. The van der Waals surface area contributed by atoms with Gasteiger partial charge in [0, 0.05) is 4.47 Å². The van der Waals surface area contributed by atoms with Gasteiger partial charge in [0.1, 0.15) is 0 Å². The molecule has 1 aromatic rings. The first-order chi connectivity index (χ1) is 6.43. The molecule has 0 atom stereocenters. The number of carboxylic acids is 1. The Hall–Kier alpha value is -0.880. The van der Waals surface area contributed by atoms with E-state index in [4.69, 9.17) is 5.11 Å². The average Bonchev–Trinajstić information content (AvgIpc) is 2.02. The van der Waals surface area contributed by atoms with E-state index in [1.165, 1.54) is 6.07 Å². The number of rotatable bonds is 3. The Morgan fingerprint density at radius 1 is 1.36 bits per heavy atom. The highest BCUT2D eigenvalue weighted by molar-refractivity contribution is 9.10. The predicted molar refractivity (Wildman–Crippen MR) is 53.8 cm³/mol. The summed E-state index contributed by atoms with van der Waals surface area (Å²) in [7, 11) is -3.74. The van der Waals surface area contributed by atoms with Crippen molar-refractivity contribution in [1.29, 1.82) is 0 Å². The monoisotopic (exact) mass is 278 g/mol. The standard InChI is InChI=1S/C8H7BrO4S/c9-6-3-1-2-4-7(6)14(12,13)5-8(10)11/h1-4H,5H2,(H,10,11). The van der Waals surface area contributed by atoms with Crippen molar-refractivity contribution in [2.75, 3.05) is 5.75 Å². The zero-order chi connectivity index (χ0) is 10.8. The van der Waals surface area contributed by atoms with Crippen LogP contribution in [0.3, 0.4) is 0 Å². The molecule has 0 aliphatic heterocycles. The Labute approximate surface area is 89.6 Å². The van der Waals surface area contributed by atoms with Crippen molar-refractivity contribution >= 4 is 31.7 Å². The second kappa shape index (κ2) is 4.10. The van der Waals surface area contributed by atoms with Crippen molar-refractivity contribution in [3.63, 3.8) is 0 Å². The lowest BCUT2D eigenvalue weighted by Gasteiger charge is -2.02. The zero-order valence-corrected chi connectivity index (χ0v) is 9.38. The summed E-state index contributed by atoms with van der Waals surface area (Å²) < 4.78 is 23.3. The van der Waals surface area contributed by atoms with Crippen LogP contribution in [-0.2, 0) is 14.6 Å². The maximum Gasteiger partial charge on any atom is 0.319 e. The van der Waals surface area contributed by atoms with Crippen LogP contribution in [0.1, 0.15) is 0 Å². The number of aliphatic carboxylic acids is 1. The minimum atomic E-state index is -3.74. The van der Waals surface area contributed by atoms with E-state index in [1.807, 2.05) is 0 Å². The van der Waals surface area contributed by atoms with Gasteiger partial charge in [0.15, 0.2) is 15.6 Å². The molecule has 0 saturated carbocycles. The van der Waals surface area contributed by atoms with Gasteiger partial charge in [0.25, 0.3) is 0 Å². The number of halogens is 1. The van der Waals surface area contributed by atoms with E-state index < -0.39 is 21.6 Å². The molecule has 6 heteroatoms. The Bertz CT molecular complexity index is 452. The molecule has 0 aromatic heterocycles. The van der Waals surface area contributed by atoms with E-state index in [1.54, 1.807) is 18.2 Å². The molecule has 0 aliphatic rings. The Morgan fingerprint density at radius 3 is 2.43 bits per heavy atom.